The third-order valence-electron chi connectivity index (χ3n) is 0.262. The number of rotatable bonds is 2. The highest BCUT2D eigenvalue weighted by Crippen LogP contribution is 1.58. The monoisotopic (exact) mass is 89.0 g/mol. The summed E-state index contributed by atoms with van der Waals surface area (Å²) < 4.78 is 0. The lowest BCUT2D eigenvalue weighted by Crippen LogP contribution is -1.80. The van der Waals surface area contributed by atoms with Crippen LogP contribution in [0.1, 0.15) is 0 Å². The van der Waals surface area contributed by atoms with Gasteiger partial charge < -0.3 is 9.94 Å². The van der Waals surface area contributed by atoms with Gasteiger partial charge in [-0.2, -0.15) is 0 Å². The fraction of sp³-hybridized carbons (Fsp3) is 0.667. The average Bonchev–Trinajstić information content (AvgIpc) is 1.61. The van der Waals surface area contributed by atoms with Crippen molar-refractivity contribution in [3.05, 3.63) is 0 Å². The second kappa shape index (κ2) is 4.43. The minimum absolute atomic E-state index is 0.0617. The summed E-state index contributed by atoms with van der Waals surface area (Å²) in [7, 11) is 1.42. The third-order valence-corrected chi connectivity index (χ3v) is 0.262. The number of hydrogen-bond acceptors (Lipinski definition) is 3. The van der Waals surface area contributed by atoms with Crippen molar-refractivity contribution < 1.29 is 9.94 Å². The molecule has 3 nitrogen and oxygen atoms in total. The Morgan fingerprint density at radius 3 is 2.83 bits per heavy atom. The van der Waals surface area contributed by atoms with Gasteiger partial charge in [0.2, 0.25) is 0 Å². The second-order valence-corrected chi connectivity index (χ2v) is 0.653. The van der Waals surface area contributed by atoms with E-state index in [9.17, 15) is 0 Å². The predicted molar refractivity (Wildman–Crippen MR) is 22.6 cm³/mol. The van der Waals surface area contributed by atoms with Crippen LogP contribution in [0, 0.1) is 0 Å². The van der Waals surface area contributed by atoms with Gasteiger partial charge in [-0.25, -0.2) is 0 Å². The molecule has 0 spiro atoms. The van der Waals surface area contributed by atoms with Crippen molar-refractivity contribution in [2.45, 2.75) is 0 Å². The zero-order valence-corrected chi connectivity index (χ0v) is 3.59. The molecule has 0 amide bonds. The SMILES string of the molecule is CON=CCO. The van der Waals surface area contributed by atoms with Crippen LogP contribution in [0.5, 0.6) is 0 Å². The van der Waals surface area contributed by atoms with Crippen molar-refractivity contribution in [2.24, 2.45) is 5.16 Å². The maximum absolute atomic E-state index is 7.97. The molecular formula is C3H7NO2. The Kier molecular flexibility index (Phi) is 4.01. The topological polar surface area (TPSA) is 41.8 Å². The smallest absolute Gasteiger partial charge is 0.106 e. The number of hydrogen-bond donors (Lipinski definition) is 1. The van der Waals surface area contributed by atoms with Crippen molar-refractivity contribution >= 4 is 6.21 Å². The van der Waals surface area contributed by atoms with E-state index in [0.717, 1.165) is 0 Å². The molecule has 6 heavy (non-hydrogen) atoms. The molecule has 0 radical (unpaired) electrons. The molecule has 0 fully saturated rings. The molecule has 0 saturated carbocycles. The van der Waals surface area contributed by atoms with E-state index in [1.807, 2.05) is 0 Å². The summed E-state index contributed by atoms with van der Waals surface area (Å²) >= 11 is 0. The van der Waals surface area contributed by atoms with Gasteiger partial charge in [-0.05, 0) is 0 Å². The van der Waals surface area contributed by atoms with Crippen LogP contribution in [0.2, 0.25) is 0 Å². The third kappa shape index (κ3) is 3.43. The standard InChI is InChI=1S/C3H7NO2/c1-6-4-2-3-5/h2,5H,3H2,1H3. The summed E-state index contributed by atoms with van der Waals surface area (Å²) in [6.45, 7) is -0.0617. The van der Waals surface area contributed by atoms with Crippen LogP contribution < -0.4 is 0 Å². The van der Waals surface area contributed by atoms with Crippen LogP contribution in [0.25, 0.3) is 0 Å². The zero-order chi connectivity index (χ0) is 4.83. The van der Waals surface area contributed by atoms with E-state index >= 15 is 0 Å². The Bertz CT molecular complexity index is 38.1. The van der Waals surface area contributed by atoms with Gasteiger partial charge in [0, 0.05) is 0 Å². The highest BCUT2D eigenvalue weighted by molar-refractivity contribution is 5.56. The zero-order valence-electron chi connectivity index (χ0n) is 3.59. The molecule has 0 aliphatic heterocycles. The molecule has 0 saturated heterocycles. The van der Waals surface area contributed by atoms with Crippen molar-refractivity contribution in [3.8, 4) is 0 Å². The van der Waals surface area contributed by atoms with Crippen molar-refractivity contribution in [2.75, 3.05) is 13.7 Å². The lowest BCUT2D eigenvalue weighted by molar-refractivity contribution is 0.212. The van der Waals surface area contributed by atoms with E-state index < -0.39 is 0 Å². The first kappa shape index (κ1) is 5.43. The number of oxime groups is 1. The molecule has 36 valence electrons. The molecule has 0 bridgehead atoms. The van der Waals surface area contributed by atoms with E-state index in [1.165, 1.54) is 13.3 Å². The highest BCUT2D eigenvalue weighted by Gasteiger charge is 1.60. The van der Waals surface area contributed by atoms with Crippen molar-refractivity contribution in [1.29, 1.82) is 0 Å². The van der Waals surface area contributed by atoms with Crippen LogP contribution in [-0.4, -0.2) is 25.0 Å². The summed E-state index contributed by atoms with van der Waals surface area (Å²) in [5, 5.41) is 11.2. The van der Waals surface area contributed by atoms with E-state index in [0.29, 0.717) is 0 Å². The first-order valence-corrected chi connectivity index (χ1v) is 1.57. The van der Waals surface area contributed by atoms with E-state index in [-0.39, 0.29) is 6.61 Å². The predicted octanol–water partition coefficient (Wildman–Crippen LogP) is -0.389. The van der Waals surface area contributed by atoms with Crippen LogP contribution in [0.4, 0.5) is 0 Å². The molecule has 0 heterocycles. The molecule has 0 aromatic rings. The number of aliphatic hydroxyl groups excluding tert-OH is 1. The fourth-order valence-electron chi connectivity index (χ4n) is 0.108. The summed E-state index contributed by atoms with van der Waals surface area (Å²) in [6, 6.07) is 0. The Morgan fingerprint density at radius 2 is 2.67 bits per heavy atom. The minimum Gasteiger partial charge on any atom is -0.399 e. The summed E-state index contributed by atoms with van der Waals surface area (Å²) in [6.07, 6.45) is 1.26. The summed E-state index contributed by atoms with van der Waals surface area (Å²) in [5.74, 6) is 0. The number of nitrogens with zero attached hydrogens (tertiary/aromatic N) is 1. The van der Waals surface area contributed by atoms with Crippen LogP contribution >= 0.6 is 0 Å². The Hall–Kier alpha value is -0.570. The molecule has 0 rings (SSSR count). The van der Waals surface area contributed by atoms with E-state index in [4.69, 9.17) is 5.11 Å². The maximum atomic E-state index is 7.97. The van der Waals surface area contributed by atoms with Gasteiger partial charge >= 0.3 is 0 Å². The molecule has 0 aliphatic rings. The fourth-order valence-corrected chi connectivity index (χ4v) is 0.108. The second-order valence-electron chi connectivity index (χ2n) is 0.653. The van der Waals surface area contributed by atoms with Crippen molar-refractivity contribution in [3.63, 3.8) is 0 Å². The largest absolute Gasteiger partial charge is 0.399 e. The van der Waals surface area contributed by atoms with Crippen molar-refractivity contribution in [1.82, 2.24) is 0 Å². The molecular weight excluding hydrogens is 82.0 g/mol. The minimum atomic E-state index is -0.0617. The number of aliphatic hydroxyl groups is 1. The molecule has 0 unspecified atom stereocenters. The van der Waals surface area contributed by atoms with Crippen LogP contribution in [0.15, 0.2) is 5.16 Å². The lowest BCUT2D eigenvalue weighted by atomic mass is 10.8. The maximum Gasteiger partial charge on any atom is 0.106 e. The quantitative estimate of drug-likeness (QED) is 0.370. The normalized spacial score (nSPS) is 9.67. The molecule has 0 aromatic heterocycles. The Labute approximate surface area is 36.2 Å². The Morgan fingerprint density at radius 1 is 2.00 bits per heavy atom. The van der Waals surface area contributed by atoms with Gasteiger partial charge in [-0.1, -0.05) is 5.16 Å². The molecule has 0 aromatic carbocycles. The van der Waals surface area contributed by atoms with Gasteiger partial charge in [0.1, 0.15) is 7.11 Å². The first-order chi connectivity index (χ1) is 2.91. The van der Waals surface area contributed by atoms with E-state index in [2.05, 4.69) is 9.99 Å². The molecule has 3 heteroatoms. The van der Waals surface area contributed by atoms with Gasteiger partial charge in [0.15, 0.2) is 0 Å². The first-order valence-electron chi connectivity index (χ1n) is 1.57. The molecule has 1 N–H and O–H groups in total. The average molecular weight is 89.1 g/mol. The van der Waals surface area contributed by atoms with Crippen LogP contribution in [0.3, 0.4) is 0 Å². The molecule has 0 atom stereocenters. The molecule has 0 aliphatic carbocycles. The van der Waals surface area contributed by atoms with Gasteiger partial charge in [0.25, 0.3) is 0 Å². The lowest BCUT2D eigenvalue weighted by Gasteiger charge is -1.78. The van der Waals surface area contributed by atoms with E-state index in [1.54, 1.807) is 0 Å². The van der Waals surface area contributed by atoms with Gasteiger partial charge in [-0.15, -0.1) is 0 Å². The van der Waals surface area contributed by atoms with Crippen LogP contribution in [-0.2, 0) is 4.84 Å². The van der Waals surface area contributed by atoms with Gasteiger partial charge in [-0.3, -0.25) is 0 Å². The van der Waals surface area contributed by atoms with Gasteiger partial charge in [0.05, 0.1) is 12.8 Å². The summed E-state index contributed by atoms with van der Waals surface area (Å²) in [5.41, 5.74) is 0. The summed E-state index contributed by atoms with van der Waals surface area (Å²) in [4.78, 5) is 4.19. The Balaban J connectivity index is 2.73. The highest BCUT2D eigenvalue weighted by atomic mass is 16.6.